The second-order valence-electron chi connectivity index (χ2n) is 8.78. The van der Waals surface area contributed by atoms with E-state index in [2.05, 4.69) is 31.8 Å². The average molecular weight is 490 g/mol. The van der Waals surface area contributed by atoms with Crippen molar-refractivity contribution in [3.05, 3.63) is 29.5 Å². The van der Waals surface area contributed by atoms with Crippen LogP contribution < -0.4 is 9.64 Å². The predicted octanol–water partition coefficient (Wildman–Crippen LogP) is 4.58. The van der Waals surface area contributed by atoms with Crippen LogP contribution in [0.25, 0.3) is 11.0 Å². The number of ether oxygens (including phenoxy) is 3. The van der Waals surface area contributed by atoms with Crippen molar-refractivity contribution in [1.29, 1.82) is 0 Å². The van der Waals surface area contributed by atoms with Crippen LogP contribution in [0.3, 0.4) is 0 Å². The molecule has 0 bridgehead atoms. The van der Waals surface area contributed by atoms with Crippen molar-refractivity contribution in [1.82, 2.24) is 19.9 Å². The Balaban J connectivity index is 1.23. The van der Waals surface area contributed by atoms with Crippen LogP contribution >= 0.6 is 23.4 Å². The summed E-state index contributed by atoms with van der Waals surface area (Å²) in [5, 5.41) is 1.36. The smallest absolute Gasteiger partial charge is 0.294 e. The van der Waals surface area contributed by atoms with Crippen LogP contribution in [0.2, 0.25) is 5.02 Å². The number of aromatic nitrogens is 4. The molecule has 33 heavy (non-hydrogen) atoms. The average Bonchev–Trinajstić information content (AvgIpc) is 3.41. The van der Waals surface area contributed by atoms with Crippen LogP contribution in [0, 0.1) is 5.41 Å². The number of methoxy groups -OCH3 is 1. The van der Waals surface area contributed by atoms with Gasteiger partial charge in [0.15, 0.2) is 0 Å². The molecule has 0 amide bonds. The highest BCUT2D eigenvalue weighted by atomic mass is 35.5. The van der Waals surface area contributed by atoms with Crippen molar-refractivity contribution < 1.29 is 14.2 Å². The minimum absolute atomic E-state index is 0.357. The van der Waals surface area contributed by atoms with Crippen LogP contribution in [-0.2, 0) is 9.47 Å². The number of benzene rings is 1. The SMILES string of the molecule is COCCOc1nc2c(Cl)c(Sc3cnc(N4CCC5(CC4)CO[C@@H](C)C5)cn3)ccc2[nH]1. The van der Waals surface area contributed by atoms with Gasteiger partial charge in [-0.2, -0.15) is 4.98 Å². The van der Waals surface area contributed by atoms with Crippen molar-refractivity contribution in [2.45, 2.75) is 42.2 Å². The summed E-state index contributed by atoms with van der Waals surface area (Å²) in [6.45, 7) is 5.97. The fourth-order valence-corrected chi connectivity index (χ4v) is 5.69. The van der Waals surface area contributed by atoms with Gasteiger partial charge in [0.2, 0.25) is 0 Å². The topological polar surface area (TPSA) is 85.4 Å². The Labute approximate surface area is 202 Å². The second-order valence-corrected chi connectivity index (χ2v) is 10.2. The van der Waals surface area contributed by atoms with Crippen LogP contribution in [-0.4, -0.2) is 66.1 Å². The van der Waals surface area contributed by atoms with Crippen molar-refractivity contribution in [3.8, 4) is 6.01 Å². The van der Waals surface area contributed by atoms with Gasteiger partial charge < -0.3 is 24.1 Å². The Morgan fingerprint density at radius 1 is 1.24 bits per heavy atom. The van der Waals surface area contributed by atoms with Crippen molar-refractivity contribution in [2.24, 2.45) is 5.41 Å². The quantitative estimate of drug-likeness (QED) is 0.483. The fourth-order valence-electron chi connectivity index (χ4n) is 4.61. The number of hydrogen-bond acceptors (Lipinski definition) is 8. The Kier molecular flexibility index (Phi) is 6.65. The molecule has 2 aliphatic rings. The second kappa shape index (κ2) is 9.66. The number of H-pyrrole nitrogens is 1. The third-order valence-electron chi connectivity index (χ3n) is 6.43. The number of fused-ring (bicyclic) bond motifs is 1. The lowest BCUT2D eigenvalue weighted by Crippen LogP contribution is -2.41. The molecule has 0 aliphatic carbocycles. The summed E-state index contributed by atoms with van der Waals surface area (Å²) >= 11 is 8.11. The zero-order valence-electron chi connectivity index (χ0n) is 18.8. The monoisotopic (exact) mass is 489 g/mol. The summed E-state index contributed by atoms with van der Waals surface area (Å²) in [6.07, 6.45) is 7.52. The highest BCUT2D eigenvalue weighted by Gasteiger charge is 2.41. The van der Waals surface area contributed by atoms with Gasteiger partial charge in [-0.25, -0.2) is 9.97 Å². The first-order chi connectivity index (χ1) is 16.0. The van der Waals surface area contributed by atoms with Crippen LogP contribution in [0.15, 0.2) is 34.4 Å². The molecule has 1 aromatic carbocycles. The summed E-state index contributed by atoms with van der Waals surface area (Å²) in [4.78, 5) is 20.1. The number of halogens is 1. The highest BCUT2D eigenvalue weighted by Crippen LogP contribution is 2.42. The normalized spacial score (nSPS) is 20.1. The number of nitrogens with zero attached hydrogens (tertiary/aromatic N) is 4. The minimum atomic E-state index is 0.357. The lowest BCUT2D eigenvalue weighted by Gasteiger charge is -2.38. The number of rotatable bonds is 7. The molecule has 2 aliphatic heterocycles. The van der Waals surface area contributed by atoms with Gasteiger partial charge in [-0.1, -0.05) is 23.4 Å². The molecule has 1 N–H and O–H groups in total. The zero-order valence-corrected chi connectivity index (χ0v) is 20.4. The van der Waals surface area contributed by atoms with E-state index in [1.807, 2.05) is 24.5 Å². The molecule has 1 atom stereocenters. The lowest BCUT2D eigenvalue weighted by atomic mass is 9.77. The molecule has 2 fully saturated rings. The maximum Gasteiger partial charge on any atom is 0.294 e. The Morgan fingerprint density at radius 2 is 2.09 bits per heavy atom. The first kappa shape index (κ1) is 22.7. The third-order valence-corrected chi connectivity index (χ3v) is 7.91. The van der Waals surface area contributed by atoms with E-state index >= 15 is 0 Å². The molecule has 8 nitrogen and oxygen atoms in total. The van der Waals surface area contributed by atoms with Crippen LogP contribution in [0.4, 0.5) is 5.82 Å². The van der Waals surface area contributed by atoms with E-state index in [0.717, 1.165) is 53.8 Å². The standard InChI is InChI=1S/C23H28ClN5O3S/c1-15-11-23(14-32-15)5-7-29(8-6-23)18-12-26-19(13-25-18)33-17-4-3-16-21(20(17)24)28-22(27-16)31-10-9-30-2/h3-4,12-13,15H,5-11,14H2,1-2H3,(H,27,28)/t15-/m0/s1. The summed E-state index contributed by atoms with van der Waals surface area (Å²) < 4.78 is 16.4. The molecule has 4 heterocycles. The van der Waals surface area contributed by atoms with E-state index in [1.54, 1.807) is 7.11 Å². The Morgan fingerprint density at radius 3 is 2.79 bits per heavy atom. The molecule has 0 unspecified atom stereocenters. The van der Waals surface area contributed by atoms with E-state index < -0.39 is 0 Å². The zero-order chi connectivity index (χ0) is 22.8. The van der Waals surface area contributed by atoms with Crippen LogP contribution in [0.1, 0.15) is 26.2 Å². The van der Waals surface area contributed by atoms with Crippen LogP contribution in [0.5, 0.6) is 6.01 Å². The number of anilines is 1. The maximum atomic E-state index is 6.64. The van der Waals surface area contributed by atoms with E-state index in [0.29, 0.717) is 41.3 Å². The van der Waals surface area contributed by atoms with Gasteiger partial charge >= 0.3 is 0 Å². The van der Waals surface area contributed by atoms with Crippen molar-refractivity contribution >= 4 is 40.2 Å². The van der Waals surface area contributed by atoms with Gasteiger partial charge in [-0.3, -0.25) is 0 Å². The van der Waals surface area contributed by atoms with E-state index in [1.165, 1.54) is 18.2 Å². The molecule has 10 heteroatoms. The maximum absolute atomic E-state index is 6.64. The molecule has 0 saturated carbocycles. The summed E-state index contributed by atoms with van der Waals surface area (Å²) in [5.74, 6) is 0.924. The summed E-state index contributed by atoms with van der Waals surface area (Å²) in [7, 11) is 1.63. The van der Waals surface area contributed by atoms with E-state index in [-0.39, 0.29) is 0 Å². The molecular weight excluding hydrogens is 462 g/mol. The third kappa shape index (κ3) is 4.91. The van der Waals surface area contributed by atoms with Gasteiger partial charge in [-0.05, 0) is 43.7 Å². The predicted molar refractivity (Wildman–Crippen MR) is 129 cm³/mol. The fraction of sp³-hybridized carbons (Fsp3) is 0.522. The van der Waals surface area contributed by atoms with Crippen molar-refractivity contribution in [3.63, 3.8) is 0 Å². The Bertz CT molecular complexity index is 1100. The summed E-state index contributed by atoms with van der Waals surface area (Å²) in [6, 6.07) is 4.33. The first-order valence-electron chi connectivity index (χ1n) is 11.2. The molecule has 1 spiro atoms. The summed E-state index contributed by atoms with van der Waals surface area (Å²) in [5.41, 5.74) is 1.85. The van der Waals surface area contributed by atoms with Gasteiger partial charge in [-0.15, -0.1) is 0 Å². The van der Waals surface area contributed by atoms with E-state index in [4.69, 9.17) is 25.8 Å². The highest BCUT2D eigenvalue weighted by molar-refractivity contribution is 7.99. The number of aromatic amines is 1. The molecule has 176 valence electrons. The number of hydrogen-bond donors (Lipinski definition) is 1. The molecule has 2 aromatic heterocycles. The molecule has 5 rings (SSSR count). The van der Waals surface area contributed by atoms with Crippen molar-refractivity contribution in [2.75, 3.05) is 44.9 Å². The largest absolute Gasteiger partial charge is 0.462 e. The first-order valence-corrected chi connectivity index (χ1v) is 12.4. The van der Waals surface area contributed by atoms with Gasteiger partial charge in [0.05, 0.1) is 42.3 Å². The minimum Gasteiger partial charge on any atom is -0.462 e. The lowest BCUT2D eigenvalue weighted by molar-refractivity contribution is 0.0976. The van der Waals surface area contributed by atoms with E-state index in [9.17, 15) is 0 Å². The number of imidazole rings is 1. The van der Waals surface area contributed by atoms with Gasteiger partial charge in [0, 0.05) is 25.1 Å². The number of piperidine rings is 1. The molecule has 0 radical (unpaired) electrons. The molecular formula is C23H28ClN5O3S. The Hall–Kier alpha value is -2.07. The number of nitrogens with one attached hydrogen (secondary N) is 1. The van der Waals surface area contributed by atoms with Gasteiger partial charge in [0.1, 0.15) is 23.0 Å². The molecule has 3 aromatic rings. The molecule has 2 saturated heterocycles. The van der Waals surface area contributed by atoms with Gasteiger partial charge in [0.25, 0.3) is 6.01 Å².